The van der Waals surface area contributed by atoms with Gasteiger partial charge in [-0.15, -0.1) is 6.58 Å². The Morgan fingerprint density at radius 1 is 1.04 bits per heavy atom. The molecular weight excluding hydrogens is 745 g/mol. The number of benzene rings is 2. The molecule has 3 aromatic rings. The van der Waals surface area contributed by atoms with Crippen LogP contribution in [0.4, 0.5) is 22.0 Å². The molecule has 2 atom stereocenters. The van der Waals surface area contributed by atoms with Gasteiger partial charge >= 0.3 is 17.8 Å². The van der Waals surface area contributed by atoms with E-state index in [4.69, 9.17) is 9.47 Å². The van der Waals surface area contributed by atoms with Crippen LogP contribution >= 0.6 is 0 Å². The van der Waals surface area contributed by atoms with Gasteiger partial charge in [-0.1, -0.05) is 96.2 Å². The number of hydrogen-bond donors (Lipinski definition) is 1. The highest BCUT2D eigenvalue weighted by Gasteiger charge is 2.40. The van der Waals surface area contributed by atoms with E-state index < -0.39 is 58.7 Å². The summed E-state index contributed by atoms with van der Waals surface area (Å²) in [4.78, 5) is 40.2. The third-order valence-electron chi connectivity index (χ3n) is 8.19. The van der Waals surface area contributed by atoms with Gasteiger partial charge in [-0.05, 0) is 57.2 Å². The topological polar surface area (TPSA) is 91.6 Å². The number of allylic oxidation sites excluding steroid dienone is 5. The zero-order chi connectivity index (χ0) is 43.5. The number of carbonyl (C=O) groups excluding carboxylic acids is 1. The number of rotatable bonds is 13. The first-order valence-electron chi connectivity index (χ1n) is 19.3. The van der Waals surface area contributed by atoms with Gasteiger partial charge in [0.25, 0.3) is 5.56 Å². The molecule has 1 aromatic heterocycles. The molecule has 0 amide bonds. The minimum Gasteiger partial charge on any atom is -0.494 e. The number of methoxy groups -OCH3 is 1. The van der Waals surface area contributed by atoms with E-state index in [1.54, 1.807) is 43.3 Å². The summed E-state index contributed by atoms with van der Waals surface area (Å²) in [7, 11) is 1.23. The Balaban J connectivity index is 0.00000165. The Morgan fingerprint density at radius 2 is 1.63 bits per heavy atom. The number of ether oxygens (including phenoxy) is 2. The van der Waals surface area contributed by atoms with Gasteiger partial charge in [-0.3, -0.25) is 18.7 Å². The number of halogens is 5. The fraction of sp³-hybridized carbons (Fsp3) is 0.477. The molecule has 1 N–H and O–H groups in total. The highest BCUT2D eigenvalue weighted by molar-refractivity contribution is 5.69. The largest absolute Gasteiger partial charge is 0.494 e. The van der Waals surface area contributed by atoms with Gasteiger partial charge in [-0.2, -0.15) is 13.2 Å². The number of nitrogens with one attached hydrogen (secondary N) is 1. The maximum Gasteiger partial charge on any atom is 0.416 e. The van der Waals surface area contributed by atoms with E-state index in [0.717, 1.165) is 21.1 Å². The first-order chi connectivity index (χ1) is 26.9. The maximum atomic E-state index is 15.7. The second-order valence-corrected chi connectivity index (χ2v) is 13.7. The van der Waals surface area contributed by atoms with Crippen LogP contribution in [0.3, 0.4) is 0 Å². The van der Waals surface area contributed by atoms with Crippen molar-refractivity contribution >= 4 is 5.97 Å². The van der Waals surface area contributed by atoms with Crippen molar-refractivity contribution in [1.29, 1.82) is 0 Å². The fourth-order valence-corrected chi connectivity index (χ4v) is 5.81. The minimum atomic E-state index is -4.92. The van der Waals surface area contributed by atoms with Crippen LogP contribution in [-0.4, -0.2) is 41.5 Å². The molecule has 1 heterocycles. The Morgan fingerprint density at radius 3 is 2.18 bits per heavy atom. The van der Waals surface area contributed by atoms with Gasteiger partial charge < -0.3 is 14.8 Å². The van der Waals surface area contributed by atoms with Crippen molar-refractivity contribution in [3.8, 4) is 16.9 Å². The smallest absolute Gasteiger partial charge is 0.416 e. The SMILES string of the molecule is C=CC.CC.CC(C)C.CCOC(=O)CCCN[C@@H](Cn1c(=O)c(-c2cccc(OC)c2F)c(C)n(CC2=C(F)CC(C)C=C2C(F)(F)F)c1=O)c1ccccc1. The van der Waals surface area contributed by atoms with E-state index in [2.05, 4.69) is 32.7 Å². The maximum absolute atomic E-state index is 15.7. The van der Waals surface area contributed by atoms with Crippen molar-refractivity contribution in [2.24, 2.45) is 11.8 Å². The van der Waals surface area contributed by atoms with Gasteiger partial charge in [0.1, 0.15) is 5.83 Å². The highest BCUT2D eigenvalue weighted by Crippen LogP contribution is 2.40. The summed E-state index contributed by atoms with van der Waals surface area (Å²) < 4.78 is 85.2. The standard InChI is InChI=1S/C35H38F5N3O5.C4H10.C3H6.C2H6/c1-5-48-30(44)15-10-16-41-28(23-11-7-6-8-12-23)20-43-33(45)31(24-13-9-14-29(47-4)32(24)37)22(3)42(34(43)46)19-25-26(35(38,39)40)17-21(2)18-27(25)36;1-4(2)3;1-3-2;1-2/h6-9,11-14,17,21,28,41H,5,10,15-16,18-20H2,1-4H3;4H,1-3H3;3H,1H2,2H3;1-2H3/t21?,28-;;;/m0.../s1. The summed E-state index contributed by atoms with van der Waals surface area (Å²) in [5, 5.41) is 3.24. The zero-order valence-electron chi connectivity index (χ0n) is 35.0. The lowest BCUT2D eigenvalue weighted by Gasteiger charge is -2.26. The molecule has 0 saturated heterocycles. The van der Waals surface area contributed by atoms with Crippen LogP contribution in [0.1, 0.15) is 92.0 Å². The lowest BCUT2D eigenvalue weighted by atomic mass is 9.90. The second kappa shape index (κ2) is 24.8. The Hall–Kier alpha value is -4.78. The van der Waals surface area contributed by atoms with E-state index in [1.165, 1.54) is 39.2 Å². The van der Waals surface area contributed by atoms with Crippen LogP contribution in [0.25, 0.3) is 11.1 Å². The lowest BCUT2D eigenvalue weighted by Crippen LogP contribution is -2.45. The van der Waals surface area contributed by atoms with E-state index in [1.807, 2.05) is 20.8 Å². The number of nitrogens with zero attached hydrogens (tertiary/aromatic N) is 2. The van der Waals surface area contributed by atoms with Crippen LogP contribution in [0.5, 0.6) is 5.75 Å². The van der Waals surface area contributed by atoms with Gasteiger partial charge in [-0.25, -0.2) is 13.6 Å². The molecule has 316 valence electrons. The number of esters is 1. The molecule has 4 rings (SSSR count). The van der Waals surface area contributed by atoms with Gasteiger partial charge in [0.15, 0.2) is 11.6 Å². The van der Waals surface area contributed by atoms with Crippen molar-refractivity contribution < 1.29 is 36.2 Å². The number of carbonyl (C=O) groups is 1. The molecule has 1 unspecified atom stereocenters. The van der Waals surface area contributed by atoms with Crippen LogP contribution in [0, 0.1) is 24.6 Å². The summed E-state index contributed by atoms with van der Waals surface area (Å²) >= 11 is 0. The van der Waals surface area contributed by atoms with E-state index in [-0.39, 0.29) is 61.1 Å². The molecule has 1 aliphatic rings. The first kappa shape index (κ1) is 50.2. The molecule has 1 aliphatic carbocycles. The monoisotopic (exact) mass is 805 g/mol. The van der Waals surface area contributed by atoms with Gasteiger partial charge in [0.2, 0.25) is 0 Å². The molecule has 2 aromatic carbocycles. The normalized spacial score (nSPS) is 14.2. The molecule has 0 aliphatic heterocycles. The Bertz CT molecular complexity index is 1910. The Labute approximate surface area is 334 Å². The lowest BCUT2D eigenvalue weighted by molar-refractivity contribution is -0.143. The summed E-state index contributed by atoms with van der Waals surface area (Å²) in [6.45, 7) is 19.5. The van der Waals surface area contributed by atoms with Crippen molar-refractivity contribution in [1.82, 2.24) is 14.5 Å². The molecule has 13 heteroatoms. The van der Waals surface area contributed by atoms with E-state index in [9.17, 15) is 27.6 Å². The third kappa shape index (κ3) is 14.9. The minimum absolute atomic E-state index is 0.118. The summed E-state index contributed by atoms with van der Waals surface area (Å²) in [6.07, 6.45) is -2.06. The summed E-state index contributed by atoms with van der Waals surface area (Å²) in [5.41, 5.74) is -3.84. The second-order valence-electron chi connectivity index (χ2n) is 13.7. The molecule has 8 nitrogen and oxygen atoms in total. The van der Waals surface area contributed by atoms with Gasteiger partial charge in [0, 0.05) is 29.7 Å². The van der Waals surface area contributed by atoms with Crippen LogP contribution in [-0.2, 0) is 22.6 Å². The van der Waals surface area contributed by atoms with Crippen molar-refractivity contribution in [3.63, 3.8) is 0 Å². The zero-order valence-corrected chi connectivity index (χ0v) is 35.0. The third-order valence-corrected chi connectivity index (χ3v) is 8.19. The van der Waals surface area contributed by atoms with Crippen LogP contribution < -0.4 is 21.3 Å². The Kier molecular flexibility index (Phi) is 21.8. The van der Waals surface area contributed by atoms with Crippen molar-refractivity contribution in [3.05, 3.63) is 122 Å². The predicted molar refractivity (Wildman–Crippen MR) is 218 cm³/mol. The predicted octanol–water partition coefficient (Wildman–Crippen LogP) is 10.4. The molecule has 0 saturated carbocycles. The molecule has 0 spiro atoms. The molecular formula is C44H60F5N3O5. The van der Waals surface area contributed by atoms with Gasteiger partial charge in [0.05, 0.1) is 44.0 Å². The van der Waals surface area contributed by atoms with Crippen molar-refractivity contribution in [2.45, 2.75) is 107 Å². The average Bonchev–Trinajstić information content (AvgIpc) is 3.15. The van der Waals surface area contributed by atoms with Crippen LogP contribution in [0.15, 0.2) is 93.8 Å². The summed E-state index contributed by atoms with van der Waals surface area (Å²) in [6, 6.07) is 12.2. The number of hydrogen-bond acceptors (Lipinski definition) is 6. The first-order valence-corrected chi connectivity index (χ1v) is 19.3. The number of alkyl halides is 3. The van der Waals surface area contributed by atoms with Crippen LogP contribution in [0.2, 0.25) is 0 Å². The fourth-order valence-electron chi connectivity index (χ4n) is 5.81. The van der Waals surface area contributed by atoms with E-state index >= 15 is 8.78 Å². The quantitative estimate of drug-likeness (QED) is 0.0801. The number of aromatic nitrogens is 2. The molecule has 0 fully saturated rings. The highest BCUT2D eigenvalue weighted by atomic mass is 19.4. The van der Waals surface area contributed by atoms with E-state index in [0.29, 0.717) is 12.0 Å². The van der Waals surface area contributed by atoms with Crippen molar-refractivity contribution in [2.75, 3.05) is 20.3 Å². The molecule has 57 heavy (non-hydrogen) atoms. The summed E-state index contributed by atoms with van der Waals surface area (Å²) in [5.74, 6) is -2.43. The molecule has 0 radical (unpaired) electrons. The molecule has 0 bridgehead atoms. The average molecular weight is 806 g/mol.